The summed E-state index contributed by atoms with van der Waals surface area (Å²) in [4.78, 5) is 23.8. The Kier molecular flexibility index (Phi) is 2.70. The van der Waals surface area contributed by atoms with Crippen LogP contribution in [0.5, 0.6) is 0 Å². The molecule has 2 aromatic rings. The molecule has 0 atom stereocenters. The van der Waals surface area contributed by atoms with Gasteiger partial charge < -0.3 is 4.98 Å². The molecule has 1 aliphatic carbocycles. The third kappa shape index (κ3) is 1.74. The first-order valence-electron chi connectivity index (χ1n) is 6.36. The highest BCUT2D eigenvalue weighted by molar-refractivity contribution is 5.55. The third-order valence-electron chi connectivity index (χ3n) is 3.44. The van der Waals surface area contributed by atoms with Gasteiger partial charge in [-0.25, -0.2) is 4.98 Å². The van der Waals surface area contributed by atoms with Gasteiger partial charge in [0.15, 0.2) is 5.82 Å². The van der Waals surface area contributed by atoms with Crippen molar-refractivity contribution in [2.24, 2.45) is 0 Å². The van der Waals surface area contributed by atoms with Crippen molar-refractivity contribution in [1.29, 1.82) is 0 Å². The maximum atomic E-state index is 12.0. The lowest BCUT2D eigenvalue weighted by molar-refractivity contribution is 0.898. The molecule has 18 heavy (non-hydrogen) atoms. The number of aromatic nitrogens is 3. The largest absolute Gasteiger partial charge is 0.305 e. The Labute approximate surface area is 105 Å². The van der Waals surface area contributed by atoms with Gasteiger partial charge in [-0.05, 0) is 37.3 Å². The van der Waals surface area contributed by atoms with Gasteiger partial charge in [0.25, 0.3) is 5.56 Å². The minimum atomic E-state index is 0.000191. The fourth-order valence-corrected chi connectivity index (χ4v) is 2.49. The summed E-state index contributed by atoms with van der Waals surface area (Å²) in [5.74, 6) is 0.609. The highest BCUT2D eigenvalue weighted by Gasteiger charge is 2.18. The first-order valence-corrected chi connectivity index (χ1v) is 6.36. The lowest BCUT2D eigenvalue weighted by Gasteiger charge is -2.07. The summed E-state index contributed by atoms with van der Waals surface area (Å²) in [6.07, 6.45) is 5.39. The predicted molar refractivity (Wildman–Crippen MR) is 69.5 cm³/mol. The SMILES string of the molecule is CCc1cccnc1-c1nc2c(c(=O)[nH]1)CCC2. The number of nitrogens with one attached hydrogen (secondary N) is 1. The zero-order chi connectivity index (χ0) is 12.5. The van der Waals surface area contributed by atoms with Crippen LogP contribution in [0.1, 0.15) is 30.2 Å². The highest BCUT2D eigenvalue weighted by atomic mass is 16.1. The molecule has 0 amide bonds. The molecule has 0 radical (unpaired) electrons. The maximum absolute atomic E-state index is 12.0. The molecule has 0 fully saturated rings. The molecule has 2 aromatic heterocycles. The number of hydrogen-bond donors (Lipinski definition) is 1. The Hall–Kier alpha value is -1.97. The minimum Gasteiger partial charge on any atom is -0.305 e. The standard InChI is InChI=1S/C14H15N3O/c1-2-9-5-4-8-15-12(9)13-16-11-7-3-6-10(11)14(18)17-13/h4-5,8H,2-3,6-7H2,1H3,(H,16,17,18). The molecule has 3 rings (SSSR count). The molecule has 4 nitrogen and oxygen atoms in total. The van der Waals surface area contributed by atoms with E-state index < -0.39 is 0 Å². The second kappa shape index (κ2) is 4.37. The maximum Gasteiger partial charge on any atom is 0.254 e. The molecular weight excluding hydrogens is 226 g/mol. The van der Waals surface area contributed by atoms with Gasteiger partial charge in [-0.1, -0.05) is 13.0 Å². The lowest BCUT2D eigenvalue weighted by Crippen LogP contribution is -2.16. The van der Waals surface area contributed by atoms with Crippen LogP contribution in [0.25, 0.3) is 11.5 Å². The van der Waals surface area contributed by atoms with Crippen LogP contribution in [0, 0.1) is 0 Å². The molecule has 0 aromatic carbocycles. The van der Waals surface area contributed by atoms with Gasteiger partial charge in [0, 0.05) is 11.8 Å². The Morgan fingerprint density at radius 1 is 1.39 bits per heavy atom. The summed E-state index contributed by atoms with van der Waals surface area (Å²) in [6, 6.07) is 3.93. The quantitative estimate of drug-likeness (QED) is 0.873. The Balaban J connectivity index is 2.18. The summed E-state index contributed by atoms with van der Waals surface area (Å²) in [7, 11) is 0. The van der Waals surface area contributed by atoms with E-state index in [4.69, 9.17) is 0 Å². The number of hydrogen-bond acceptors (Lipinski definition) is 3. The zero-order valence-corrected chi connectivity index (χ0v) is 10.4. The lowest BCUT2D eigenvalue weighted by atomic mass is 10.1. The Morgan fingerprint density at radius 2 is 2.28 bits per heavy atom. The van der Waals surface area contributed by atoms with Crippen LogP contribution < -0.4 is 5.56 Å². The summed E-state index contributed by atoms with van der Waals surface area (Å²) in [5, 5.41) is 0. The van der Waals surface area contributed by atoms with Crippen LogP contribution >= 0.6 is 0 Å². The average molecular weight is 241 g/mol. The van der Waals surface area contributed by atoms with Crippen LogP contribution in [0.4, 0.5) is 0 Å². The zero-order valence-electron chi connectivity index (χ0n) is 10.4. The van der Waals surface area contributed by atoms with E-state index in [0.29, 0.717) is 5.82 Å². The van der Waals surface area contributed by atoms with E-state index in [0.717, 1.165) is 48.2 Å². The number of pyridine rings is 1. The normalized spacial score (nSPS) is 13.6. The number of rotatable bonds is 2. The van der Waals surface area contributed by atoms with Crippen LogP contribution in [0.15, 0.2) is 23.1 Å². The fourth-order valence-electron chi connectivity index (χ4n) is 2.49. The summed E-state index contributed by atoms with van der Waals surface area (Å²) in [5.41, 5.74) is 3.71. The van der Waals surface area contributed by atoms with Gasteiger partial charge in [-0.15, -0.1) is 0 Å². The van der Waals surface area contributed by atoms with E-state index in [9.17, 15) is 4.79 Å². The van der Waals surface area contributed by atoms with Gasteiger partial charge in [0.05, 0.1) is 5.69 Å². The van der Waals surface area contributed by atoms with Crippen molar-refractivity contribution in [3.8, 4) is 11.5 Å². The molecule has 2 heterocycles. The topological polar surface area (TPSA) is 58.6 Å². The van der Waals surface area contributed by atoms with Gasteiger partial charge >= 0.3 is 0 Å². The molecular formula is C14H15N3O. The van der Waals surface area contributed by atoms with Crippen molar-refractivity contribution < 1.29 is 0 Å². The van der Waals surface area contributed by atoms with Crippen molar-refractivity contribution >= 4 is 0 Å². The Morgan fingerprint density at radius 3 is 3.11 bits per heavy atom. The molecule has 1 N–H and O–H groups in total. The van der Waals surface area contributed by atoms with Crippen molar-refractivity contribution in [2.45, 2.75) is 32.6 Å². The van der Waals surface area contributed by atoms with Gasteiger partial charge in [0.1, 0.15) is 5.69 Å². The van der Waals surface area contributed by atoms with E-state index in [2.05, 4.69) is 21.9 Å². The molecule has 0 bridgehead atoms. The number of aryl methyl sites for hydroxylation is 2. The van der Waals surface area contributed by atoms with Crippen molar-refractivity contribution in [3.63, 3.8) is 0 Å². The second-order valence-electron chi connectivity index (χ2n) is 4.56. The fraction of sp³-hybridized carbons (Fsp3) is 0.357. The minimum absolute atomic E-state index is 0.000191. The predicted octanol–water partition coefficient (Wildman–Crippen LogP) is 1.88. The first-order chi connectivity index (χ1) is 8.79. The van der Waals surface area contributed by atoms with Crippen LogP contribution in [0.3, 0.4) is 0 Å². The smallest absolute Gasteiger partial charge is 0.254 e. The van der Waals surface area contributed by atoms with Crippen LogP contribution in [-0.2, 0) is 19.3 Å². The van der Waals surface area contributed by atoms with Gasteiger partial charge in [0.2, 0.25) is 0 Å². The molecule has 0 unspecified atom stereocenters. The number of fused-ring (bicyclic) bond motifs is 1. The first kappa shape index (κ1) is 11.1. The van der Waals surface area contributed by atoms with Crippen molar-refractivity contribution in [2.75, 3.05) is 0 Å². The van der Waals surface area contributed by atoms with Crippen molar-refractivity contribution in [3.05, 3.63) is 45.5 Å². The summed E-state index contributed by atoms with van der Waals surface area (Å²) >= 11 is 0. The highest BCUT2D eigenvalue weighted by Crippen LogP contribution is 2.21. The summed E-state index contributed by atoms with van der Waals surface area (Å²) < 4.78 is 0. The van der Waals surface area contributed by atoms with E-state index in [1.165, 1.54) is 0 Å². The molecule has 0 aliphatic heterocycles. The number of aromatic amines is 1. The van der Waals surface area contributed by atoms with E-state index >= 15 is 0 Å². The molecule has 1 aliphatic rings. The van der Waals surface area contributed by atoms with Crippen molar-refractivity contribution in [1.82, 2.24) is 15.0 Å². The van der Waals surface area contributed by atoms with E-state index in [1.807, 2.05) is 12.1 Å². The monoisotopic (exact) mass is 241 g/mol. The molecule has 92 valence electrons. The Bertz CT molecular complexity index is 646. The van der Waals surface area contributed by atoms with E-state index in [-0.39, 0.29) is 5.56 Å². The third-order valence-corrected chi connectivity index (χ3v) is 3.44. The molecule has 0 saturated carbocycles. The average Bonchev–Trinajstić information content (AvgIpc) is 2.87. The molecule has 0 spiro atoms. The van der Waals surface area contributed by atoms with Crippen LogP contribution in [0.2, 0.25) is 0 Å². The second-order valence-corrected chi connectivity index (χ2v) is 4.56. The molecule has 0 saturated heterocycles. The van der Waals surface area contributed by atoms with Crippen LogP contribution in [-0.4, -0.2) is 15.0 Å². The van der Waals surface area contributed by atoms with E-state index in [1.54, 1.807) is 6.20 Å². The number of H-pyrrole nitrogens is 1. The summed E-state index contributed by atoms with van der Waals surface area (Å²) in [6.45, 7) is 2.08. The number of nitrogens with zero attached hydrogens (tertiary/aromatic N) is 2. The van der Waals surface area contributed by atoms with Gasteiger partial charge in [-0.2, -0.15) is 0 Å². The molecule has 4 heteroatoms. The van der Waals surface area contributed by atoms with Gasteiger partial charge in [-0.3, -0.25) is 9.78 Å².